The number of nitrogens with two attached hydrogens (primary N) is 1. The first-order chi connectivity index (χ1) is 8.50. The molecule has 3 nitrogen and oxygen atoms in total. The van der Waals surface area contributed by atoms with Crippen LogP contribution < -0.4 is 5.73 Å². The van der Waals surface area contributed by atoms with Gasteiger partial charge in [0, 0.05) is 29.9 Å². The van der Waals surface area contributed by atoms with Gasteiger partial charge in [-0.1, -0.05) is 27.2 Å². The van der Waals surface area contributed by atoms with Crippen molar-refractivity contribution in [3.63, 3.8) is 0 Å². The Balaban J connectivity index is 2.02. The Hall–Kier alpha value is -0.450. The van der Waals surface area contributed by atoms with Crippen molar-refractivity contribution < 1.29 is 0 Å². The molecule has 1 atom stereocenters. The molecule has 1 aromatic heterocycles. The topological polar surface area (TPSA) is 42.2 Å². The number of hydrogen-bond acceptors (Lipinski definition) is 4. The van der Waals surface area contributed by atoms with Gasteiger partial charge >= 0.3 is 0 Å². The van der Waals surface area contributed by atoms with E-state index in [0.29, 0.717) is 6.04 Å². The van der Waals surface area contributed by atoms with Gasteiger partial charge in [0.05, 0.1) is 10.7 Å². The SMILES string of the molecule is CC(C)(C)c1nc(CN2CCCCC2CN)cs1. The van der Waals surface area contributed by atoms with Gasteiger partial charge in [0.1, 0.15) is 0 Å². The van der Waals surface area contributed by atoms with Crippen LogP contribution in [-0.4, -0.2) is 29.0 Å². The molecule has 1 aromatic rings. The van der Waals surface area contributed by atoms with Crippen molar-refractivity contribution in [2.24, 2.45) is 5.73 Å². The summed E-state index contributed by atoms with van der Waals surface area (Å²) >= 11 is 1.78. The molecule has 0 spiro atoms. The van der Waals surface area contributed by atoms with Crippen molar-refractivity contribution in [2.75, 3.05) is 13.1 Å². The Morgan fingerprint density at radius 3 is 2.83 bits per heavy atom. The average Bonchev–Trinajstić information content (AvgIpc) is 2.78. The van der Waals surface area contributed by atoms with Crippen molar-refractivity contribution in [2.45, 2.75) is 58.0 Å². The van der Waals surface area contributed by atoms with E-state index in [2.05, 4.69) is 31.1 Å². The van der Waals surface area contributed by atoms with Crippen LogP contribution in [0, 0.1) is 0 Å². The summed E-state index contributed by atoms with van der Waals surface area (Å²) in [7, 11) is 0. The van der Waals surface area contributed by atoms with E-state index in [4.69, 9.17) is 10.7 Å². The minimum atomic E-state index is 0.165. The maximum Gasteiger partial charge on any atom is 0.0982 e. The van der Waals surface area contributed by atoms with Crippen molar-refractivity contribution in [3.8, 4) is 0 Å². The molecule has 0 saturated carbocycles. The second-order valence-corrected chi connectivity index (χ2v) is 7.11. The van der Waals surface area contributed by atoms with Gasteiger partial charge < -0.3 is 5.73 Å². The molecule has 2 rings (SSSR count). The summed E-state index contributed by atoms with van der Waals surface area (Å²) in [6, 6.07) is 0.554. The zero-order valence-electron chi connectivity index (χ0n) is 11.8. The van der Waals surface area contributed by atoms with Gasteiger partial charge in [-0.25, -0.2) is 4.98 Å². The third-order valence-corrected chi connectivity index (χ3v) is 4.90. The molecule has 0 bridgehead atoms. The molecule has 18 heavy (non-hydrogen) atoms. The van der Waals surface area contributed by atoms with E-state index in [-0.39, 0.29) is 5.41 Å². The van der Waals surface area contributed by atoms with Crippen molar-refractivity contribution in [3.05, 3.63) is 16.1 Å². The molecule has 4 heteroatoms. The quantitative estimate of drug-likeness (QED) is 0.915. The van der Waals surface area contributed by atoms with Crippen LogP contribution in [0.4, 0.5) is 0 Å². The van der Waals surface area contributed by atoms with E-state index in [1.54, 1.807) is 11.3 Å². The van der Waals surface area contributed by atoms with E-state index in [1.165, 1.54) is 36.5 Å². The summed E-state index contributed by atoms with van der Waals surface area (Å²) in [5.41, 5.74) is 7.24. The van der Waals surface area contributed by atoms with Gasteiger partial charge in [0.25, 0.3) is 0 Å². The third kappa shape index (κ3) is 3.31. The van der Waals surface area contributed by atoms with Crippen LogP contribution in [0.15, 0.2) is 5.38 Å². The van der Waals surface area contributed by atoms with Gasteiger partial charge in [-0.3, -0.25) is 4.90 Å². The van der Waals surface area contributed by atoms with Crippen LogP contribution in [0.5, 0.6) is 0 Å². The van der Waals surface area contributed by atoms with Crippen LogP contribution in [-0.2, 0) is 12.0 Å². The minimum absolute atomic E-state index is 0.165. The molecule has 0 radical (unpaired) electrons. The number of hydrogen-bond donors (Lipinski definition) is 1. The smallest absolute Gasteiger partial charge is 0.0982 e. The average molecular weight is 267 g/mol. The maximum absolute atomic E-state index is 5.86. The van der Waals surface area contributed by atoms with E-state index in [1.807, 2.05) is 0 Å². The normalized spacial score (nSPS) is 22.3. The number of rotatable bonds is 3. The zero-order chi connectivity index (χ0) is 13.2. The first-order valence-electron chi connectivity index (χ1n) is 6.89. The first-order valence-corrected chi connectivity index (χ1v) is 7.77. The highest BCUT2D eigenvalue weighted by Gasteiger charge is 2.23. The second-order valence-electron chi connectivity index (χ2n) is 6.25. The zero-order valence-corrected chi connectivity index (χ0v) is 12.6. The fourth-order valence-electron chi connectivity index (χ4n) is 2.47. The van der Waals surface area contributed by atoms with Crippen LogP contribution in [0.2, 0.25) is 0 Å². The van der Waals surface area contributed by atoms with E-state index in [0.717, 1.165) is 13.1 Å². The van der Waals surface area contributed by atoms with Gasteiger partial charge in [-0.2, -0.15) is 0 Å². The largest absolute Gasteiger partial charge is 0.329 e. The van der Waals surface area contributed by atoms with Crippen molar-refractivity contribution in [1.29, 1.82) is 0 Å². The molecule has 0 amide bonds. The molecule has 1 aliphatic heterocycles. The summed E-state index contributed by atoms with van der Waals surface area (Å²) in [6.45, 7) is 9.58. The predicted octanol–water partition coefficient (Wildman–Crippen LogP) is 2.75. The maximum atomic E-state index is 5.86. The van der Waals surface area contributed by atoms with Crippen LogP contribution in [0.1, 0.15) is 50.7 Å². The van der Waals surface area contributed by atoms with Gasteiger partial charge in [-0.05, 0) is 19.4 Å². The molecule has 102 valence electrons. The molecular formula is C14H25N3S. The molecule has 2 heterocycles. The Morgan fingerprint density at radius 1 is 1.44 bits per heavy atom. The second kappa shape index (κ2) is 5.68. The lowest BCUT2D eigenvalue weighted by atomic mass is 9.98. The number of likely N-dealkylation sites (tertiary alicyclic amines) is 1. The molecular weight excluding hydrogens is 242 g/mol. The number of aromatic nitrogens is 1. The molecule has 1 fully saturated rings. The van der Waals surface area contributed by atoms with Crippen LogP contribution in [0.3, 0.4) is 0 Å². The van der Waals surface area contributed by atoms with E-state index >= 15 is 0 Å². The van der Waals surface area contributed by atoms with E-state index < -0.39 is 0 Å². The number of nitrogens with zero attached hydrogens (tertiary/aromatic N) is 2. The summed E-state index contributed by atoms with van der Waals surface area (Å²) in [5, 5.41) is 3.45. The summed E-state index contributed by atoms with van der Waals surface area (Å²) in [6.07, 6.45) is 3.86. The minimum Gasteiger partial charge on any atom is -0.329 e. The van der Waals surface area contributed by atoms with Gasteiger partial charge in [0.2, 0.25) is 0 Å². The summed E-state index contributed by atoms with van der Waals surface area (Å²) < 4.78 is 0. The summed E-state index contributed by atoms with van der Waals surface area (Å²) in [4.78, 5) is 7.29. The van der Waals surface area contributed by atoms with Crippen LogP contribution in [0.25, 0.3) is 0 Å². The summed E-state index contributed by atoms with van der Waals surface area (Å²) in [5.74, 6) is 0. The van der Waals surface area contributed by atoms with Gasteiger partial charge in [0.15, 0.2) is 0 Å². The number of thiazole rings is 1. The highest BCUT2D eigenvalue weighted by Crippen LogP contribution is 2.27. The fourth-order valence-corrected chi connectivity index (χ4v) is 3.37. The first kappa shape index (κ1) is 14.0. The van der Waals surface area contributed by atoms with E-state index in [9.17, 15) is 0 Å². The Morgan fingerprint density at radius 2 is 2.22 bits per heavy atom. The highest BCUT2D eigenvalue weighted by molar-refractivity contribution is 7.09. The number of piperidine rings is 1. The van der Waals surface area contributed by atoms with Gasteiger partial charge in [-0.15, -0.1) is 11.3 Å². The monoisotopic (exact) mass is 267 g/mol. The lowest BCUT2D eigenvalue weighted by Gasteiger charge is -2.34. The Kier molecular flexibility index (Phi) is 4.41. The Bertz CT molecular complexity index is 381. The molecule has 2 N–H and O–H groups in total. The molecule has 0 aromatic carbocycles. The lowest BCUT2D eigenvalue weighted by Crippen LogP contribution is -2.43. The highest BCUT2D eigenvalue weighted by atomic mass is 32.1. The molecule has 1 aliphatic rings. The predicted molar refractivity (Wildman–Crippen MR) is 77.9 cm³/mol. The third-order valence-electron chi connectivity index (χ3n) is 3.58. The fraction of sp³-hybridized carbons (Fsp3) is 0.786. The molecule has 1 saturated heterocycles. The molecule has 0 aliphatic carbocycles. The Labute approximate surface area is 114 Å². The van der Waals surface area contributed by atoms with Crippen molar-refractivity contribution in [1.82, 2.24) is 9.88 Å². The molecule has 1 unspecified atom stereocenters. The van der Waals surface area contributed by atoms with Crippen molar-refractivity contribution >= 4 is 11.3 Å². The standard InChI is InChI=1S/C14H25N3S/c1-14(2,3)13-16-11(10-18-13)9-17-7-5-4-6-12(17)8-15/h10,12H,4-9,15H2,1-3H3. The lowest BCUT2D eigenvalue weighted by molar-refractivity contribution is 0.143. The van der Waals surface area contributed by atoms with Crippen LogP contribution >= 0.6 is 11.3 Å².